The molecule has 1 aliphatic heterocycles. The quantitative estimate of drug-likeness (QED) is 0.788. The van der Waals surface area contributed by atoms with Gasteiger partial charge in [0, 0.05) is 18.7 Å². The van der Waals surface area contributed by atoms with Crippen LogP contribution in [-0.2, 0) is 21.3 Å². The van der Waals surface area contributed by atoms with Gasteiger partial charge in [0.2, 0.25) is 10.0 Å². The van der Waals surface area contributed by atoms with E-state index < -0.39 is 10.0 Å². The standard InChI is InChI=1S/C13H21BrN2O4S/c1-3-15-8-11-7-12(13(14)20-11)21(17,18)16-10-4-5-19-9(2)6-10/h7,9-10,15-16H,3-6,8H2,1-2H3. The molecule has 0 aromatic carbocycles. The molecular weight excluding hydrogens is 360 g/mol. The minimum atomic E-state index is -3.59. The molecule has 2 heterocycles. The molecule has 21 heavy (non-hydrogen) atoms. The molecule has 0 radical (unpaired) electrons. The molecule has 0 aliphatic carbocycles. The van der Waals surface area contributed by atoms with E-state index in [1.807, 2.05) is 13.8 Å². The Kier molecular flexibility index (Phi) is 5.84. The molecule has 6 nitrogen and oxygen atoms in total. The molecule has 1 saturated heterocycles. The summed E-state index contributed by atoms with van der Waals surface area (Å²) >= 11 is 3.18. The Bertz CT molecular complexity index is 573. The monoisotopic (exact) mass is 380 g/mol. The van der Waals surface area contributed by atoms with Crippen molar-refractivity contribution >= 4 is 26.0 Å². The van der Waals surface area contributed by atoms with Crippen LogP contribution in [0.15, 0.2) is 20.0 Å². The minimum absolute atomic E-state index is 0.0727. The van der Waals surface area contributed by atoms with E-state index >= 15 is 0 Å². The van der Waals surface area contributed by atoms with Crippen molar-refractivity contribution in [2.45, 2.75) is 50.3 Å². The van der Waals surface area contributed by atoms with Crippen LogP contribution in [0.5, 0.6) is 0 Å². The third-order valence-corrected chi connectivity index (χ3v) is 5.73. The molecule has 0 spiro atoms. The molecule has 0 amide bonds. The van der Waals surface area contributed by atoms with Gasteiger partial charge in [-0.3, -0.25) is 0 Å². The zero-order valence-corrected chi connectivity index (χ0v) is 14.6. The van der Waals surface area contributed by atoms with E-state index in [2.05, 4.69) is 26.0 Å². The second-order valence-corrected chi connectivity index (χ2v) is 7.56. The molecule has 2 atom stereocenters. The first-order valence-corrected chi connectivity index (χ1v) is 9.33. The van der Waals surface area contributed by atoms with Crippen molar-refractivity contribution in [2.24, 2.45) is 0 Å². The van der Waals surface area contributed by atoms with Gasteiger partial charge in [0.05, 0.1) is 12.6 Å². The molecule has 2 rings (SSSR count). The summed E-state index contributed by atoms with van der Waals surface area (Å²) in [6, 6.07) is 1.45. The number of halogens is 1. The van der Waals surface area contributed by atoms with Crippen molar-refractivity contribution in [1.29, 1.82) is 0 Å². The fourth-order valence-electron chi connectivity index (χ4n) is 2.30. The second-order valence-electron chi connectivity index (χ2n) is 5.15. The van der Waals surface area contributed by atoms with Crippen molar-refractivity contribution in [2.75, 3.05) is 13.2 Å². The first-order chi connectivity index (χ1) is 9.92. The van der Waals surface area contributed by atoms with E-state index in [0.29, 0.717) is 31.8 Å². The van der Waals surface area contributed by atoms with Crippen LogP contribution in [0.4, 0.5) is 0 Å². The molecular formula is C13H21BrN2O4S. The Morgan fingerprint density at radius 3 is 2.90 bits per heavy atom. The molecule has 2 N–H and O–H groups in total. The Morgan fingerprint density at radius 2 is 2.24 bits per heavy atom. The number of hydrogen-bond acceptors (Lipinski definition) is 5. The Labute approximate surface area is 133 Å². The fraction of sp³-hybridized carbons (Fsp3) is 0.692. The molecule has 1 aromatic heterocycles. The molecule has 0 bridgehead atoms. The maximum absolute atomic E-state index is 12.5. The van der Waals surface area contributed by atoms with Crippen LogP contribution in [0.1, 0.15) is 32.4 Å². The number of nitrogens with one attached hydrogen (secondary N) is 2. The van der Waals surface area contributed by atoms with Crippen molar-refractivity contribution < 1.29 is 17.6 Å². The average molecular weight is 381 g/mol. The van der Waals surface area contributed by atoms with Crippen LogP contribution in [0.3, 0.4) is 0 Å². The van der Waals surface area contributed by atoms with Gasteiger partial charge in [0.1, 0.15) is 10.7 Å². The molecule has 2 unspecified atom stereocenters. The lowest BCUT2D eigenvalue weighted by molar-refractivity contribution is 0.0173. The van der Waals surface area contributed by atoms with Crippen LogP contribution in [0.25, 0.3) is 0 Å². The van der Waals surface area contributed by atoms with E-state index in [-0.39, 0.29) is 21.7 Å². The average Bonchev–Trinajstić information content (AvgIpc) is 2.78. The highest BCUT2D eigenvalue weighted by Gasteiger charge is 2.28. The van der Waals surface area contributed by atoms with Gasteiger partial charge in [0.25, 0.3) is 0 Å². The van der Waals surface area contributed by atoms with E-state index in [4.69, 9.17) is 9.15 Å². The van der Waals surface area contributed by atoms with E-state index in [1.165, 1.54) is 0 Å². The van der Waals surface area contributed by atoms with Gasteiger partial charge in [-0.2, -0.15) is 0 Å². The van der Waals surface area contributed by atoms with Gasteiger partial charge < -0.3 is 14.5 Å². The van der Waals surface area contributed by atoms with Gasteiger partial charge in [-0.1, -0.05) is 6.92 Å². The normalized spacial score (nSPS) is 23.4. The van der Waals surface area contributed by atoms with Crippen molar-refractivity contribution in [3.05, 3.63) is 16.5 Å². The summed E-state index contributed by atoms with van der Waals surface area (Å²) in [7, 11) is -3.59. The third kappa shape index (κ3) is 4.53. The third-order valence-electron chi connectivity index (χ3n) is 3.35. The lowest BCUT2D eigenvalue weighted by atomic mass is 10.1. The number of rotatable bonds is 6. The molecule has 120 valence electrons. The summed E-state index contributed by atoms with van der Waals surface area (Å²) in [5.41, 5.74) is 0. The molecule has 0 saturated carbocycles. The topological polar surface area (TPSA) is 80.6 Å². The maximum Gasteiger partial charge on any atom is 0.245 e. The van der Waals surface area contributed by atoms with Gasteiger partial charge in [-0.15, -0.1) is 0 Å². The molecule has 1 aliphatic rings. The largest absolute Gasteiger partial charge is 0.452 e. The predicted molar refractivity (Wildman–Crippen MR) is 82.5 cm³/mol. The van der Waals surface area contributed by atoms with Crippen molar-refractivity contribution in [3.8, 4) is 0 Å². The summed E-state index contributed by atoms with van der Waals surface area (Å²) in [6.07, 6.45) is 1.44. The van der Waals surface area contributed by atoms with Crippen molar-refractivity contribution in [1.82, 2.24) is 10.0 Å². The van der Waals surface area contributed by atoms with Crippen LogP contribution in [0, 0.1) is 0 Å². The molecule has 1 fully saturated rings. The Balaban J connectivity index is 2.09. The zero-order chi connectivity index (χ0) is 15.5. The van der Waals surface area contributed by atoms with Crippen LogP contribution in [0.2, 0.25) is 0 Å². The van der Waals surface area contributed by atoms with Crippen LogP contribution >= 0.6 is 15.9 Å². The highest BCUT2D eigenvalue weighted by Crippen LogP contribution is 2.27. The van der Waals surface area contributed by atoms with Crippen LogP contribution < -0.4 is 10.0 Å². The summed E-state index contributed by atoms with van der Waals surface area (Å²) in [5, 5.41) is 3.10. The summed E-state index contributed by atoms with van der Waals surface area (Å²) in [4.78, 5) is 0.148. The lowest BCUT2D eigenvalue weighted by Crippen LogP contribution is -2.41. The zero-order valence-electron chi connectivity index (χ0n) is 12.2. The highest BCUT2D eigenvalue weighted by molar-refractivity contribution is 9.10. The number of hydrogen-bond donors (Lipinski definition) is 2. The van der Waals surface area contributed by atoms with E-state index in [1.54, 1.807) is 6.07 Å². The lowest BCUT2D eigenvalue weighted by Gasteiger charge is -2.27. The maximum atomic E-state index is 12.5. The number of sulfonamides is 1. The fourth-order valence-corrected chi connectivity index (χ4v) is 4.59. The molecule has 1 aromatic rings. The predicted octanol–water partition coefficient (Wildman–Crippen LogP) is 2.00. The second kappa shape index (κ2) is 7.23. The Morgan fingerprint density at radius 1 is 1.48 bits per heavy atom. The van der Waals surface area contributed by atoms with Crippen molar-refractivity contribution in [3.63, 3.8) is 0 Å². The summed E-state index contributed by atoms with van der Waals surface area (Å²) in [5.74, 6) is 0.587. The highest BCUT2D eigenvalue weighted by atomic mass is 79.9. The first-order valence-electron chi connectivity index (χ1n) is 7.05. The number of furan rings is 1. The summed E-state index contributed by atoms with van der Waals surface area (Å²) in [6.45, 7) is 5.79. The van der Waals surface area contributed by atoms with Gasteiger partial charge in [0.15, 0.2) is 4.67 Å². The minimum Gasteiger partial charge on any atom is -0.452 e. The number of ether oxygens (including phenoxy) is 1. The summed E-state index contributed by atoms with van der Waals surface area (Å²) < 4.78 is 38.7. The smallest absolute Gasteiger partial charge is 0.245 e. The van der Waals surface area contributed by atoms with Crippen LogP contribution in [-0.4, -0.2) is 33.7 Å². The van der Waals surface area contributed by atoms with E-state index in [9.17, 15) is 8.42 Å². The van der Waals surface area contributed by atoms with Gasteiger partial charge in [-0.05, 0) is 42.2 Å². The van der Waals surface area contributed by atoms with Gasteiger partial charge >= 0.3 is 0 Å². The molecule has 8 heteroatoms. The SMILES string of the molecule is CCNCc1cc(S(=O)(=O)NC2CCOC(C)C2)c(Br)o1. The van der Waals surface area contributed by atoms with Gasteiger partial charge in [-0.25, -0.2) is 13.1 Å². The van der Waals surface area contributed by atoms with E-state index in [0.717, 1.165) is 6.54 Å². The Hall–Kier alpha value is -0.410. The first kappa shape index (κ1) is 17.0.